The molecule has 0 aliphatic heterocycles. The van der Waals surface area contributed by atoms with Gasteiger partial charge in [0, 0.05) is 24.0 Å². The summed E-state index contributed by atoms with van der Waals surface area (Å²) in [4.78, 5) is 0. The number of nitrogens with two attached hydrogens (primary N) is 1. The van der Waals surface area contributed by atoms with E-state index >= 15 is 0 Å². The van der Waals surface area contributed by atoms with E-state index in [1.165, 1.54) is 11.1 Å². The van der Waals surface area contributed by atoms with Crippen molar-refractivity contribution in [3.63, 3.8) is 0 Å². The first-order chi connectivity index (χ1) is 7.09. The lowest BCUT2D eigenvalue weighted by molar-refractivity contribution is 0.740. The van der Waals surface area contributed by atoms with Crippen LogP contribution in [0.2, 0.25) is 0 Å². The monoisotopic (exact) mass is 201 g/mol. The van der Waals surface area contributed by atoms with Gasteiger partial charge in [-0.05, 0) is 37.1 Å². The predicted molar refractivity (Wildman–Crippen MR) is 62.5 cm³/mol. The molecule has 1 aromatic carbocycles. The zero-order chi connectivity index (χ0) is 11.0. The van der Waals surface area contributed by atoms with Gasteiger partial charge in [-0.3, -0.25) is 4.68 Å². The van der Waals surface area contributed by atoms with Crippen molar-refractivity contribution in [2.75, 3.05) is 5.73 Å². The lowest BCUT2D eigenvalue weighted by Gasteiger charge is -2.06. The zero-order valence-corrected chi connectivity index (χ0v) is 9.28. The predicted octanol–water partition coefficient (Wildman–Crippen LogP) is 2.29. The van der Waals surface area contributed by atoms with E-state index in [-0.39, 0.29) is 0 Å². The lowest BCUT2D eigenvalue weighted by Crippen LogP contribution is -1.93. The molecule has 0 bridgehead atoms. The van der Waals surface area contributed by atoms with E-state index in [1.54, 1.807) is 0 Å². The van der Waals surface area contributed by atoms with Gasteiger partial charge >= 0.3 is 0 Å². The summed E-state index contributed by atoms with van der Waals surface area (Å²) < 4.78 is 1.87. The first-order valence-electron chi connectivity index (χ1n) is 4.94. The van der Waals surface area contributed by atoms with Crippen molar-refractivity contribution in [2.45, 2.75) is 13.8 Å². The summed E-state index contributed by atoms with van der Waals surface area (Å²) in [5, 5.41) is 4.24. The number of benzene rings is 1. The first kappa shape index (κ1) is 9.77. The highest BCUT2D eigenvalue weighted by Gasteiger charge is 2.08. The van der Waals surface area contributed by atoms with Crippen LogP contribution in [0.3, 0.4) is 0 Å². The van der Waals surface area contributed by atoms with Gasteiger partial charge in [0.15, 0.2) is 0 Å². The number of aryl methyl sites for hydroxylation is 2. The SMILES string of the molecule is Cc1ccc(N)cc1-c1cnn(C)c1C. The molecule has 1 heterocycles. The van der Waals surface area contributed by atoms with Crippen LogP contribution in [0.5, 0.6) is 0 Å². The molecule has 0 saturated carbocycles. The van der Waals surface area contributed by atoms with Gasteiger partial charge in [0.05, 0.1) is 6.20 Å². The maximum absolute atomic E-state index is 5.79. The highest BCUT2D eigenvalue weighted by atomic mass is 15.3. The van der Waals surface area contributed by atoms with Gasteiger partial charge in [0.25, 0.3) is 0 Å². The highest BCUT2D eigenvalue weighted by molar-refractivity contribution is 5.72. The molecule has 0 fully saturated rings. The van der Waals surface area contributed by atoms with Crippen molar-refractivity contribution in [3.05, 3.63) is 35.7 Å². The maximum Gasteiger partial charge on any atom is 0.0571 e. The molecular formula is C12H15N3. The molecule has 78 valence electrons. The number of nitrogens with zero attached hydrogens (tertiary/aromatic N) is 2. The summed E-state index contributed by atoms with van der Waals surface area (Å²) in [5.74, 6) is 0. The molecule has 1 aromatic heterocycles. The van der Waals surface area contributed by atoms with E-state index in [1.807, 2.05) is 36.1 Å². The van der Waals surface area contributed by atoms with E-state index in [0.717, 1.165) is 16.9 Å². The standard InChI is InChI=1S/C12H15N3/c1-8-4-5-10(13)6-11(8)12-7-14-15(3)9(12)2/h4-7H,13H2,1-3H3. The molecule has 0 aliphatic rings. The van der Waals surface area contributed by atoms with Crippen LogP contribution in [0.4, 0.5) is 5.69 Å². The van der Waals surface area contributed by atoms with Gasteiger partial charge in [0.2, 0.25) is 0 Å². The highest BCUT2D eigenvalue weighted by Crippen LogP contribution is 2.27. The summed E-state index contributed by atoms with van der Waals surface area (Å²) in [7, 11) is 1.94. The smallest absolute Gasteiger partial charge is 0.0571 e. The van der Waals surface area contributed by atoms with E-state index in [4.69, 9.17) is 5.73 Å². The summed E-state index contributed by atoms with van der Waals surface area (Å²) in [5.41, 5.74) is 11.3. The number of aromatic nitrogens is 2. The first-order valence-corrected chi connectivity index (χ1v) is 4.94. The Hall–Kier alpha value is -1.77. The number of anilines is 1. The zero-order valence-electron chi connectivity index (χ0n) is 9.28. The molecule has 2 N–H and O–H groups in total. The van der Waals surface area contributed by atoms with Gasteiger partial charge in [0.1, 0.15) is 0 Å². The molecule has 0 radical (unpaired) electrons. The van der Waals surface area contributed by atoms with Crippen LogP contribution in [0.15, 0.2) is 24.4 Å². The summed E-state index contributed by atoms with van der Waals surface area (Å²) in [6, 6.07) is 5.96. The number of hydrogen-bond donors (Lipinski definition) is 1. The molecule has 0 amide bonds. The minimum absolute atomic E-state index is 0.791. The largest absolute Gasteiger partial charge is 0.399 e. The number of nitrogen functional groups attached to an aromatic ring is 1. The molecule has 3 nitrogen and oxygen atoms in total. The Bertz CT molecular complexity index is 498. The van der Waals surface area contributed by atoms with Crippen LogP contribution in [0.25, 0.3) is 11.1 Å². The minimum Gasteiger partial charge on any atom is -0.399 e. The van der Waals surface area contributed by atoms with Crippen LogP contribution in [0.1, 0.15) is 11.3 Å². The Morgan fingerprint density at radius 3 is 2.53 bits per heavy atom. The summed E-state index contributed by atoms with van der Waals surface area (Å²) in [6.07, 6.45) is 1.89. The quantitative estimate of drug-likeness (QED) is 0.719. The van der Waals surface area contributed by atoms with Crippen LogP contribution in [0, 0.1) is 13.8 Å². The van der Waals surface area contributed by atoms with Crippen LogP contribution >= 0.6 is 0 Å². The molecule has 2 aromatic rings. The minimum atomic E-state index is 0.791. The van der Waals surface area contributed by atoms with Gasteiger partial charge in [-0.15, -0.1) is 0 Å². The van der Waals surface area contributed by atoms with E-state index in [2.05, 4.69) is 18.9 Å². The molecule has 2 rings (SSSR count). The van der Waals surface area contributed by atoms with E-state index < -0.39 is 0 Å². The normalized spacial score (nSPS) is 10.6. The average molecular weight is 201 g/mol. The topological polar surface area (TPSA) is 43.8 Å². The molecule has 3 heteroatoms. The second-order valence-corrected chi connectivity index (χ2v) is 3.84. The van der Waals surface area contributed by atoms with Gasteiger partial charge < -0.3 is 5.73 Å². The third-order valence-electron chi connectivity index (χ3n) is 2.79. The molecule has 15 heavy (non-hydrogen) atoms. The Labute approximate surface area is 89.5 Å². The average Bonchev–Trinajstić information content (AvgIpc) is 2.52. The fourth-order valence-corrected chi connectivity index (χ4v) is 1.69. The molecule has 0 aliphatic carbocycles. The lowest BCUT2D eigenvalue weighted by atomic mass is 10.0. The van der Waals surface area contributed by atoms with Gasteiger partial charge in [-0.25, -0.2) is 0 Å². The molecule has 0 saturated heterocycles. The van der Waals surface area contributed by atoms with Gasteiger partial charge in [-0.1, -0.05) is 6.07 Å². The van der Waals surface area contributed by atoms with Gasteiger partial charge in [-0.2, -0.15) is 5.10 Å². The van der Waals surface area contributed by atoms with Crippen molar-refractivity contribution in [1.29, 1.82) is 0 Å². The molecular weight excluding hydrogens is 186 g/mol. The van der Waals surface area contributed by atoms with Crippen molar-refractivity contribution in [1.82, 2.24) is 9.78 Å². The van der Waals surface area contributed by atoms with Crippen molar-refractivity contribution < 1.29 is 0 Å². The summed E-state index contributed by atoms with van der Waals surface area (Å²) in [6.45, 7) is 4.15. The third kappa shape index (κ3) is 1.61. The Morgan fingerprint density at radius 1 is 1.20 bits per heavy atom. The Balaban J connectivity index is 2.63. The van der Waals surface area contributed by atoms with Crippen LogP contribution in [-0.2, 0) is 7.05 Å². The number of rotatable bonds is 1. The fourth-order valence-electron chi connectivity index (χ4n) is 1.69. The van der Waals surface area contributed by atoms with Crippen LogP contribution < -0.4 is 5.73 Å². The number of hydrogen-bond acceptors (Lipinski definition) is 2. The van der Waals surface area contributed by atoms with Crippen molar-refractivity contribution >= 4 is 5.69 Å². The molecule has 0 atom stereocenters. The Morgan fingerprint density at radius 2 is 1.93 bits per heavy atom. The second kappa shape index (κ2) is 3.42. The van der Waals surface area contributed by atoms with Crippen molar-refractivity contribution in [2.24, 2.45) is 7.05 Å². The van der Waals surface area contributed by atoms with E-state index in [0.29, 0.717) is 0 Å². The molecule has 0 spiro atoms. The second-order valence-electron chi connectivity index (χ2n) is 3.84. The molecule has 0 unspecified atom stereocenters. The van der Waals surface area contributed by atoms with E-state index in [9.17, 15) is 0 Å². The summed E-state index contributed by atoms with van der Waals surface area (Å²) >= 11 is 0. The third-order valence-corrected chi connectivity index (χ3v) is 2.79. The Kier molecular flexibility index (Phi) is 2.23. The maximum atomic E-state index is 5.79. The van der Waals surface area contributed by atoms with Crippen molar-refractivity contribution in [3.8, 4) is 11.1 Å². The van der Waals surface area contributed by atoms with Crippen LogP contribution in [-0.4, -0.2) is 9.78 Å². The fraction of sp³-hybridized carbons (Fsp3) is 0.250.